The van der Waals surface area contributed by atoms with Crippen molar-refractivity contribution in [2.75, 3.05) is 5.32 Å². The van der Waals surface area contributed by atoms with Crippen LogP contribution in [0.1, 0.15) is 11.1 Å². The van der Waals surface area contributed by atoms with Crippen LogP contribution in [0.2, 0.25) is 15.1 Å². The monoisotopic (exact) mass is 299 g/mol. The van der Waals surface area contributed by atoms with Crippen molar-refractivity contribution in [1.29, 1.82) is 0 Å². The number of nitrogens with one attached hydrogen (secondary N) is 1. The molecule has 0 aliphatic rings. The zero-order valence-corrected chi connectivity index (χ0v) is 12.1. The van der Waals surface area contributed by atoms with Gasteiger partial charge in [-0.1, -0.05) is 40.9 Å². The Balaban J connectivity index is 2.11. The minimum Gasteiger partial charge on any atom is -0.381 e. The van der Waals surface area contributed by atoms with Crippen LogP contribution >= 0.6 is 34.8 Å². The Labute approximate surface area is 122 Å². The van der Waals surface area contributed by atoms with Crippen molar-refractivity contribution in [1.82, 2.24) is 0 Å². The molecule has 0 radical (unpaired) electrons. The highest BCUT2D eigenvalue weighted by Crippen LogP contribution is 2.23. The molecule has 0 amide bonds. The molecule has 0 bridgehead atoms. The second-order valence-electron chi connectivity index (χ2n) is 4.05. The molecule has 0 heterocycles. The van der Waals surface area contributed by atoms with Crippen molar-refractivity contribution in [3.63, 3.8) is 0 Å². The third-order valence-corrected chi connectivity index (χ3v) is 3.67. The zero-order valence-electron chi connectivity index (χ0n) is 9.81. The van der Waals surface area contributed by atoms with E-state index in [1.165, 1.54) is 0 Å². The van der Waals surface area contributed by atoms with Crippen LogP contribution in [0.3, 0.4) is 0 Å². The maximum Gasteiger partial charge on any atom is 0.0456 e. The standard InChI is InChI=1S/C14H12Cl3N/c1-9-2-4-12(7-14(9)17)18-8-10-6-11(15)3-5-13(10)16/h2-7,18H,8H2,1H3. The van der Waals surface area contributed by atoms with Crippen LogP contribution in [0.15, 0.2) is 36.4 Å². The highest BCUT2D eigenvalue weighted by molar-refractivity contribution is 6.33. The Hall–Kier alpha value is -0.890. The van der Waals surface area contributed by atoms with E-state index in [0.29, 0.717) is 16.6 Å². The first-order valence-corrected chi connectivity index (χ1v) is 6.63. The van der Waals surface area contributed by atoms with Gasteiger partial charge in [-0.15, -0.1) is 0 Å². The highest BCUT2D eigenvalue weighted by Gasteiger charge is 2.02. The molecule has 0 spiro atoms. The largest absolute Gasteiger partial charge is 0.381 e. The molecule has 0 fully saturated rings. The molecule has 0 unspecified atom stereocenters. The predicted octanol–water partition coefficient (Wildman–Crippen LogP) is 5.57. The quantitative estimate of drug-likeness (QED) is 0.781. The minimum atomic E-state index is 0.610. The molecular formula is C14H12Cl3N. The van der Waals surface area contributed by atoms with E-state index in [4.69, 9.17) is 34.8 Å². The third kappa shape index (κ3) is 3.32. The van der Waals surface area contributed by atoms with Gasteiger partial charge in [0.1, 0.15) is 0 Å². The number of halogens is 3. The van der Waals surface area contributed by atoms with E-state index in [1.807, 2.05) is 31.2 Å². The highest BCUT2D eigenvalue weighted by atomic mass is 35.5. The molecule has 1 nitrogen and oxygen atoms in total. The molecule has 2 aromatic carbocycles. The van der Waals surface area contributed by atoms with Crippen molar-refractivity contribution in [2.24, 2.45) is 0 Å². The number of benzene rings is 2. The van der Waals surface area contributed by atoms with E-state index >= 15 is 0 Å². The van der Waals surface area contributed by atoms with Crippen molar-refractivity contribution in [2.45, 2.75) is 13.5 Å². The Morgan fingerprint density at radius 1 is 0.944 bits per heavy atom. The molecule has 94 valence electrons. The van der Waals surface area contributed by atoms with Crippen LogP contribution in [-0.2, 0) is 6.54 Å². The van der Waals surface area contributed by atoms with Crippen LogP contribution in [0.25, 0.3) is 0 Å². The second-order valence-corrected chi connectivity index (χ2v) is 5.30. The molecule has 2 aromatic rings. The van der Waals surface area contributed by atoms with Crippen molar-refractivity contribution in [3.05, 3.63) is 62.6 Å². The fourth-order valence-corrected chi connectivity index (χ4v) is 2.14. The third-order valence-electron chi connectivity index (χ3n) is 2.66. The summed E-state index contributed by atoms with van der Waals surface area (Å²) in [5.41, 5.74) is 2.98. The van der Waals surface area contributed by atoms with E-state index in [1.54, 1.807) is 12.1 Å². The second kappa shape index (κ2) is 5.83. The number of hydrogen-bond donors (Lipinski definition) is 1. The van der Waals surface area contributed by atoms with Gasteiger partial charge in [0.15, 0.2) is 0 Å². The summed E-state index contributed by atoms with van der Waals surface area (Å²) in [7, 11) is 0. The molecule has 18 heavy (non-hydrogen) atoms. The topological polar surface area (TPSA) is 12.0 Å². The van der Waals surface area contributed by atoms with Crippen LogP contribution in [0, 0.1) is 6.92 Å². The van der Waals surface area contributed by atoms with Gasteiger partial charge in [0.25, 0.3) is 0 Å². The first kappa shape index (κ1) is 13.5. The van der Waals surface area contributed by atoms with Gasteiger partial charge in [0.2, 0.25) is 0 Å². The summed E-state index contributed by atoms with van der Waals surface area (Å²) in [5, 5.41) is 5.39. The summed E-state index contributed by atoms with van der Waals surface area (Å²) in [6.45, 7) is 2.58. The molecular weight excluding hydrogens is 289 g/mol. The summed E-state index contributed by atoms with van der Waals surface area (Å²) < 4.78 is 0. The lowest BCUT2D eigenvalue weighted by Gasteiger charge is -2.09. The lowest BCUT2D eigenvalue weighted by molar-refractivity contribution is 1.15. The molecule has 0 aliphatic carbocycles. The molecule has 0 atom stereocenters. The number of rotatable bonds is 3. The molecule has 0 aliphatic heterocycles. The zero-order chi connectivity index (χ0) is 13.1. The van der Waals surface area contributed by atoms with Gasteiger partial charge in [-0.3, -0.25) is 0 Å². The van der Waals surface area contributed by atoms with E-state index < -0.39 is 0 Å². The first-order chi connectivity index (χ1) is 8.56. The minimum absolute atomic E-state index is 0.610. The van der Waals surface area contributed by atoms with Crippen LogP contribution in [0.5, 0.6) is 0 Å². The summed E-state index contributed by atoms with van der Waals surface area (Å²) in [5.74, 6) is 0. The number of anilines is 1. The van der Waals surface area contributed by atoms with Crippen LogP contribution < -0.4 is 5.32 Å². The van der Waals surface area contributed by atoms with Crippen LogP contribution in [0.4, 0.5) is 5.69 Å². The average molecular weight is 301 g/mol. The number of aryl methyl sites for hydroxylation is 1. The van der Waals surface area contributed by atoms with Crippen molar-refractivity contribution >= 4 is 40.5 Å². The maximum absolute atomic E-state index is 6.09. The fraction of sp³-hybridized carbons (Fsp3) is 0.143. The SMILES string of the molecule is Cc1ccc(NCc2cc(Cl)ccc2Cl)cc1Cl. The van der Waals surface area contributed by atoms with E-state index in [-0.39, 0.29) is 0 Å². The lowest BCUT2D eigenvalue weighted by Crippen LogP contribution is -2.00. The molecule has 4 heteroatoms. The Morgan fingerprint density at radius 3 is 2.44 bits per heavy atom. The van der Waals surface area contributed by atoms with Gasteiger partial charge in [0, 0.05) is 27.3 Å². The van der Waals surface area contributed by atoms with Gasteiger partial charge in [-0.2, -0.15) is 0 Å². The normalized spacial score (nSPS) is 10.4. The number of hydrogen-bond acceptors (Lipinski definition) is 1. The van der Waals surface area contributed by atoms with Gasteiger partial charge >= 0.3 is 0 Å². The van der Waals surface area contributed by atoms with E-state index in [2.05, 4.69) is 5.32 Å². The van der Waals surface area contributed by atoms with E-state index in [9.17, 15) is 0 Å². The summed E-state index contributed by atoms with van der Waals surface area (Å²) >= 11 is 18.1. The molecule has 1 N–H and O–H groups in total. The fourth-order valence-electron chi connectivity index (χ4n) is 1.58. The smallest absolute Gasteiger partial charge is 0.0456 e. The lowest BCUT2D eigenvalue weighted by atomic mass is 10.2. The first-order valence-electron chi connectivity index (χ1n) is 5.50. The summed E-state index contributed by atoms with van der Waals surface area (Å²) in [6.07, 6.45) is 0. The maximum atomic E-state index is 6.09. The van der Waals surface area contributed by atoms with Gasteiger partial charge in [-0.05, 0) is 48.4 Å². The summed E-state index contributed by atoms with van der Waals surface area (Å²) in [4.78, 5) is 0. The van der Waals surface area contributed by atoms with Gasteiger partial charge in [0.05, 0.1) is 0 Å². The Morgan fingerprint density at radius 2 is 1.72 bits per heavy atom. The van der Waals surface area contributed by atoms with Crippen LogP contribution in [-0.4, -0.2) is 0 Å². The summed E-state index contributed by atoms with van der Waals surface area (Å²) in [6, 6.07) is 11.3. The molecule has 2 rings (SSSR count). The van der Waals surface area contributed by atoms with Crippen molar-refractivity contribution < 1.29 is 0 Å². The van der Waals surface area contributed by atoms with Crippen molar-refractivity contribution in [3.8, 4) is 0 Å². The Kier molecular flexibility index (Phi) is 4.39. The van der Waals surface area contributed by atoms with E-state index in [0.717, 1.165) is 21.8 Å². The predicted molar refractivity (Wildman–Crippen MR) is 80.0 cm³/mol. The van der Waals surface area contributed by atoms with Gasteiger partial charge in [-0.25, -0.2) is 0 Å². The molecule has 0 saturated carbocycles. The van der Waals surface area contributed by atoms with Gasteiger partial charge < -0.3 is 5.32 Å². The Bertz CT molecular complexity index is 567. The average Bonchev–Trinajstić information content (AvgIpc) is 2.34. The molecule has 0 aromatic heterocycles. The molecule has 0 saturated heterocycles.